The van der Waals surface area contributed by atoms with Crippen LogP contribution in [0.15, 0.2) is 0 Å². The molecule has 0 saturated carbocycles. The highest BCUT2D eigenvalue weighted by Crippen LogP contribution is 2.47. The zero-order chi connectivity index (χ0) is 11.9. The van der Waals surface area contributed by atoms with Gasteiger partial charge in [0.15, 0.2) is 0 Å². The second kappa shape index (κ2) is 7.63. The molecule has 0 bridgehead atoms. The normalized spacial score (nSPS) is 15.4. The minimum absolute atomic E-state index is 0.690. The maximum absolute atomic E-state index is 10.6. The molecule has 0 aromatic rings. The van der Waals surface area contributed by atoms with Crippen LogP contribution in [0.4, 0.5) is 4.20 Å². The largest absolute Gasteiger partial charge is 0.458 e. The number of rotatable bonds is 3. The molecule has 3 nitrogen and oxygen atoms in total. The Morgan fingerprint density at radius 2 is 1.57 bits per heavy atom. The lowest BCUT2D eigenvalue weighted by Gasteiger charge is -2.28. The van der Waals surface area contributed by atoms with Gasteiger partial charge in [0, 0.05) is 23.3 Å². The second-order valence-electron chi connectivity index (χ2n) is 3.45. The van der Waals surface area contributed by atoms with Gasteiger partial charge in [0.2, 0.25) is 0 Å². The molecule has 0 radical (unpaired) electrons. The molecule has 0 saturated heterocycles. The highest BCUT2D eigenvalue weighted by atomic mass is 35.7. The molecule has 0 fully saturated rings. The molecule has 0 spiro atoms. The van der Waals surface area contributed by atoms with E-state index < -0.39 is 7.03 Å². The van der Waals surface area contributed by atoms with E-state index in [1.54, 1.807) is 0 Å². The Labute approximate surface area is 90.6 Å². The van der Waals surface area contributed by atoms with Crippen molar-refractivity contribution in [3.05, 3.63) is 0 Å². The predicted octanol–water partition coefficient (Wildman–Crippen LogP) is 3.42. The summed E-state index contributed by atoms with van der Waals surface area (Å²) in [6.07, 6.45) is 0. The molecule has 1 N–H and O–H groups in total. The first-order valence-electron chi connectivity index (χ1n) is 4.57. The summed E-state index contributed by atoms with van der Waals surface area (Å²) in [6, 6.07) is 1.38. The molecule has 0 heterocycles. The van der Waals surface area contributed by atoms with Crippen molar-refractivity contribution in [2.75, 3.05) is 6.54 Å². The van der Waals surface area contributed by atoms with Crippen LogP contribution in [0.25, 0.3) is 0 Å². The Bertz CT molecular complexity index is 168. The van der Waals surface area contributed by atoms with Gasteiger partial charge < -0.3 is 4.89 Å². The van der Waals surface area contributed by atoms with E-state index in [2.05, 4.69) is 50.8 Å². The van der Waals surface area contributed by atoms with Crippen LogP contribution in [-0.4, -0.2) is 28.4 Å². The van der Waals surface area contributed by atoms with E-state index in [0.717, 1.165) is 6.54 Å². The lowest BCUT2D eigenvalue weighted by Crippen LogP contribution is -2.36. The van der Waals surface area contributed by atoms with Gasteiger partial charge >= 0.3 is 7.03 Å². The summed E-state index contributed by atoms with van der Waals surface area (Å²) < 4.78 is 19.4. The number of halogens is 2. The van der Waals surface area contributed by atoms with E-state index in [0.29, 0.717) is 12.1 Å². The van der Waals surface area contributed by atoms with Crippen molar-refractivity contribution in [1.29, 1.82) is 0 Å². The van der Waals surface area contributed by atoms with E-state index in [4.69, 9.17) is 9.46 Å². The van der Waals surface area contributed by atoms with Gasteiger partial charge in [-0.25, -0.2) is 4.57 Å². The highest BCUT2D eigenvalue weighted by molar-refractivity contribution is 7.80. The first-order valence-corrected chi connectivity index (χ1v) is 7.03. The molecule has 0 aliphatic rings. The molecule has 14 heavy (non-hydrogen) atoms. The van der Waals surface area contributed by atoms with Gasteiger partial charge in [0.05, 0.1) is 0 Å². The highest BCUT2D eigenvalue weighted by Gasteiger charge is 2.09. The molecule has 0 aromatic heterocycles. The third-order valence-electron chi connectivity index (χ3n) is 1.69. The van der Waals surface area contributed by atoms with Gasteiger partial charge in [-0.15, -0.1) is 4.20 Å². The van der Waals surface area contributed by atoms with Crippen LogP contribution < -0.4 is 0 Å². The number of nitrogens with zero attached hydrogens (tertiary/aromatic N) is 1. The molecule has 0 rings (SSSR count). The van der Waals surface area contributed by atoms with Gasteiger partial charge in [-0.05, 0) is 34.2 Å². The van der Waals surface area contributed by atoms with Crippen LogP contribution in [0, 0.1) is 0 Å². The van der Waals surface area contributed by atoms with Gasteiger partial charge in [-0.1, -0.05) is 6.92 Å². The Morgan fingerprint density at radius 3 is 1.57 bits per heavy atom. The summed E-state index contributed by atoms with van der Waals surface area (Å²) in [4.78, 5) is 9.63. The predicted molar refractivity (Wildman–Crippen MR) is 59.4 cm³/mol. The molecular formula is C8H20ClFNO2P. The van der Waals surface area contributed by atoms with Crippen molar-refractivity contribution >= 4 is 18.3 Å². The fourth-order valence-electron chi connectivity index (χ4n) is 1.33. The van der Waals surface area contributed by atoms with Crippen molar-refractivity contribution in [3.8, 4) is 0 Å². The number of hydrogen-bond acceptors (Lipinski definition) is 2. The van der Waals surface area contributed by atoms with E-state index in [1.165, 1.54) is 0 Å². The Hall–Kier alpha value is 0.370. The van der Waals surface area contributed by atoms with Crippen molar-refractivity contribution in [2.24, 2.45) is 0 Å². The summed E-state index contributed by atoms with van der Waals surface area (Å²) in [5.41, 5.74) is 0. The van der Waals surface area contributed by atoms with Crippen LogP contribution in [0.1, 0.15) is 34.6 Å². The van der Waals surface area contributed by atoms with Crippen LogP contribution in [0.5, 0.6) is 0 Å². The SMILES string of the molecule is CCN(C(C)C)C(C)C.O=P(O)(F)Cl. The minimum atomic E-state index is -4.67. The molecule has 88 valence electrons. The first-order chi connectivity index (χ1) is 6.09. The molecule has 1 unspecified atom stereocenters. The lowest BCUT2D eigenvalue weighted by atomic mass is 10.2. The van der Waals surface area contributed by atoms with Crippen molar-refractivity contribution in [3.63, 3.8) is 0 Å². The van der Waals surface area contributed by atoms with E-state index >= 15 is 0 Å². The van der Waals surface area contributed by atoms with E-state index in [9.17, 15) is 4.20 Å². The Balaban J connectivity index is 0. The maximum atomic E-state index is 10.6. The molecule has 0 aliphatic carbocycles. The standard InChI is InChI=1S/C8H19N.ClFHO2P/c1-6-9(7(2)3)8(4)5;1-5(2,3)4/h7-8H,6H2,1-5H3;(H,3,4). The molecule has 0 amide bonds. The van der Waals surface area contributed by atoms with Crippen LogP contribution in [0.3, 0.4) is 0 Å². The summed E-state index contributed by atoms with van der Waals surface area (Å²) in [6.45, 7) is 12.3. The average Bonchev–Trinajstić information content (AvgIpc) is 1.81. The third-order valence-corrected chi connectivity index (χ3v) is 1.69. The first kappa shape index (κ1) is 16.8. The van der Waals surface area contributed by atoms with Gasteiger partial charge in [0.1, 0.15) is 0 Å². The zero-order valence-corrected chi connectivity index (χ0v) is 11.0. The maximum Gasteiger partial charge on any atom is 0.458 e. The van der Waals surface area contributed by atoms with E-state index in [1.807, 2.05) is 0 Å². The topological polar surface area (TPSA) is 40.5 Å². The molecule has 0 aromatic carbocycles. The smallest absolute Gasteiger partial charge is 0.309 e. The minimum Gasteiger partial charge on any atom is -0.309 e. The quantitative estimate of drug-likeness (QED) is 0.777. The molecule has 0 aliphatic heterocycles. The van der Waals surface area contributed by atoms with Crippen molar-refractivity contribution < 1.29 is 13.7 Å². The molecule has 1 atom stereocenters. The van der Waals surface area contributed by atoms with Crippen LogP contribution >= 0.6 is 18.3 Å². The van der Waals surface area contributed by atoms with Crippen molar-refractivity contribution in [1.82, 2.24) is 4.90 Å². The average molecular weight is 248 g/mol. The fourth-order valence-corrected chi connectivity index (χ4v) is 1.33. The van der Waals surface area contributed by atoms with Crippen LogP contribution in [-0.2, 0) is 4.57 Å². The molecule has 6 heteroatoms. The molecular weight excluding hydrogens is 228 g/mol. The van der Waals surface area contributed by atoms with E-state index in [-0.39, 0.29) is 0 Å². The Morgan fingerprint density at radius 1 is 1.36 bits per heavy atom. The monoisotopic (exact) mass is 247 g/mol. The zero-order valence-electron chi connectivity index (χ0n) is 9.37. The van der Waals surface area contributed by atoms with Gasteiger partial charge in [-0.3, -0.25) is 4.90 Å². The third kappa shape index (κ3) is 14.9. The number of hydrogen-bond donors (Lipinski definition) is 1. The Kier molecular flexibility index (Phi) is 9.15. The summed E-state index contributed by atoms with van der Waals surface area (Å²) >= 11 is 3.97. The summed E-state index contributed by atoms with van der Waals surface area (Å²) in [7, 11) is -4.67. The van der Waals surface area contributed by atoms with Crippen molar-refractivity contribution in [2.45, 2.75) is 46.7 Å². The van der Waals surface area contributed by atoms with Gasteiger partial charge in [0.25, 0.3) is 0 Å². The summed E-state index contributed by atoms with van der Waals surface area (Å²) in [5.74, 6) is 0. The van der Waals surface area contributed by atoms with Gasteiger partial charge in [-0.2, -0.15) is 0 Å². The second-order valence-corrected chi connectivity index (χ2v) is 5.57. The summed E-state index contributed by atoms with van der Waals surface area (Å²) in [5, 5.41) is 0. The van der Waals surface area contributed by atoms with Crippen LogP contribution in [0.2, 0.25) is 0 Å². The lowest BCUT2D eigenvalue weighted by molar-refractivity contribution is 0.185. The fraction of sp³-hybridized carbons (Fsp3) is 1.00.